The fourth-order valence-corrected chi connectivity index (χ4v) is 2.94. The lowest BCUT2D eigenvalue weighted by Gasteiger charge is -2.14. The normalized spacial score (nSPS) is 12.3. The van der Waals surface area contributed by atoms with Gasteiger partial charge in [0.15, 0.2) is 0 Å². The number of thiol groups is 1. The summed E-state index contributed by atoms with van der Waals surface area (Å²) in [5.74, 6) is -0.0416. The summed E-state index contributed by atoms with van der Waals surface area (Å²) in [4.78, 5) is 12.3. The molecule has 124 valence electrons. The fourth-order valence-electron chi connectivity index (χ4n) is 2.63. The molecule has 23 heavy (non-hydrogen) atoms. The Bertz CT molecular complexity index is 624. The third-order valence-electron chi connectivity index (χ3n) is 3.92. The molecule has 0 spiro atoms. The van der Waals surface area contributed by atoms with Gasteiger partial charge in [-0.2, -0.15) is 12.6 Å². The summed E-state index contributed by atoms with van der Waals surface area (Å²) in [5.41, 5.74) is 0.958. The number of fused-ring (bicyclic) bond motifs is 1. The van der Waals surface area contributed by atoms with Crippen molar-refractivity contribution in [3.05, 3.63) is 48.0 Å². The van der Waals surface area contributed by atoms with E-state index in [1.165, 1.54) is 19.3 Å². The Labute approximate surface area is 144 Å². The van der Waals surface area contributed by atoms with E-state index in [-0.39, 0.29) is 5.91 Å². The second kappa shape index (κ2) is 9.58. The maximum Gasteiger partial charge on any atom is 0.237 e. The number of carbonyl (C=O) groups is 1. The number of hydrogen-bond acceptors (Lipinski definition) is 3. The van der Waals surface area contributed by atoms with Gasteiger partial charge in [0.25, 0.3) is 0 Å². The zero-order valence-electron chi connectivity index (χ0n) is 13.7. The molecule has 1 amide bonds. The summed E-state index contributed by atoms with van der Waals surface area (Å²) in [6, 6.07) is 14.1. The highest BCUT2D eigenvalue weighted by Crippen LogP contribution is 2.28. The average Bonchev–Trinajstić information content (AvgIpc) is 2.59. The molecule has 2 aromatic carbocycles. The summed E-state index contributed by atoms with van der Waals surface area (Å²) in [6.07, 6.45) is 3.67. The van der Waals surface area contributed by atoms with Gasteiger partial charge in [-0.05, 0) is 29.3 Å². The SMILES string of the molecule is CCCCCNCCNC(=O)C(S)c1cccc2ccccc12. The van der Waals surface area contributed by atoms with Crippen LogP contribution >= 0.6 is 12.6 Å². The molecule has 2 N–H and O–H groups in total. The highest BCUT2D eigenvalue weighted by molar-refractivity contribution is 7.81. The summed E-state index contributed by atoms with van der Waals surface area (Å²) < 4.78 is 0. The number of amides is 1. The first kappa shape index (κ1) is 17.8. The van der Waals surface area contributed by atoms with Crippen LogP contribution in [0.15, 0.2) is 42.5 Å². The summed E-state index contributed by atoms with van der Waals surface area (Å²) in [6.45, 7) is 4.63. The van der Waals surface area contributed by atoms with Gasteiger partial charge in [-0.25, -0.2) is 0 Å². The monoisotopic (exact) mass is 330 g/mol. The Morgan fingerprint density at radius 2 is 1.83 bits per heavy atom. The number of carbonyl (C=O) groups excluding carboxylic acids is 1. The van der Waals surface area contributed by atoms with Gasteiger partial charge in [-0.3, -0.25) is 4.79 Å². The molecule has 0 saturated carbocycles. The molecule has 2 aromatic rings. The molecule has 1 atom stereocenters. The Morgan fingerprint density at radius 1 is 1.04 bits per heavy atom. The molecule has 0 bridgehead atoms. The summed E-state index contributed by atoms with van der Waals surface area (Å²) >= 11 is 4.53. The topological polar surface area (TPSA) is 41.1 Å². The summed E-state index contributed by atoms with van der Waals surface area (Å²) in [5, 5.41) is 8.08. The van der Waals surface area contributed by atoms with E-state index in [1.807, 2.05) is 30.3 Å². The van der Waals surface area contributed by atoms with E-state index < -0.39 is 5.25 Å². The van der Waals surface area contributed by atoms with Crippen LogP contribution in [0.1, 0.15) is 37.0 Å². The number of hydrogen-bond donors (Lipinski definition) is 3. The Hall–Kier alpha value is -1.52. The van der Waals surface area contributed by atoms with Crippen molar-refractivity contribution in [1.82, 2.24) is 10.6 Å². The van der Waals surface area contributed by atoms with Gasteiger partial charge in [-0.15, -0.1) is 0 Å². The van der Waals surface area contributed by atoms with E-state index in [2.05, 4.69) is 42.3 Å². The second-order valence-electron chi connectivity index (χ2n) is 5.72. The van der Waals surface area contributed by atoms with Crippen molar-refractivity contribution in [1.29, 1.82) is 0 Å². The van der Waals surface area contributed by atoms with Gasteiger partial charge in [0.2, 0.25) is 5.91 Å². The first-order valence-electron chi connectivity index (χ1n) is 8.38. The molecule has 0 aliphatic heterocycles. The van der Waals surface area contributed by atoms with Gasteiger partial charge >= 0.3 is 0 Å². The van der Waals surface area contributed by atoms with Crippen LogP contribution in [0.3, 0.4) is 0 Å². The van der Waals surface area contributed by atoms with E-state index in [4.69, 9.17) is 0 Å². The van der Waals surface area contributed by atoms with Gasteiger partial charge < -0.3 is 10.6 Å². The smallest absolute Gasteiger partial charge is 0.237 e. The number of unbranched alkanes of at least 4 members (excludes halogenated alkanes) is 2. The fraction of sp³-hybridized carbons (Fsp3) is 0.421. The first-order valence-corrected chi connectivity index (χ1v) is 8.90. The third-order valence-corrected chi connectivity index (χ3v) is 4.44. The molecule has 0 aliphatic rings. The highest BCUT2D eigenvalue weighted by Gasteiger charge is 2.17. The molecular weight excluding hydrogens is 304 g/mol. The molecule has 3 nitrogen and oxygen atoms in total. The van der Waals surface area contributed by atoms with Crippen molar-refractivity contribution < 1.29 is 4.79 Å². The van der Waals surface area contributed by atoms with Gasteiger partial charge in [0.1, 0.15) is 5.25 Å². The zero-order chi connectivity index (χ0) is 16.5. The second-order valence-corrected chi connectivity index (χ2v) is 6.24. The predicted octanol–water partition coefficient (Wildman–Crippen LogP) is 3.71. The van der Waals surface area contributed by atoms with Crippen LogP contribution < -0.4 is 10.6 Å². The minimum atomic E-state index is -0.443. The van der Waals surface area contributed by atoms with Crippen molar-refractivity contribution >= 4 is 29.3 Å². The Balaban J connectivity index is 1.84. The van der Waals surface area contributed by atoms with Crippen LogP contribution in [-0.4, -0.2) is 25.5 Å². The van der Waals surface area contributed by atoms with Crippen LogP contribution in [-0.2, 0) is 4.79 Å². The van der Waals surface area contributed by atoms with Gasteiger partial charge in [0, 0.05) is 13.1 Å². The molecular formula is C19H26N2OS. The molecule has 0 saturated heterocycles. The van der Waals surface area contributed by atoms with Gasteiger partial charge in [0.05, 0.1) is 0 Å². The first-order chi connectivity index (χ1) is 11.2. The number of rotatable bonds is 9. The van der Waals surface area contributed by atoms with E-state index >= 15 is 0 Å². The minimum Gasteiger partial charge on any atom is -0.354 e. The Kier molecular flexibility index (Phi) is 7.43. The molecule has 0 fully saturated rings. The maximum atomic E-state index is 12.3. The van der Waals surface area contributed by atoms with Crippen molar-refractivity contribution in [2.45, 2.75) is 31.4 Å². The van der Waals surface area contributed by atoms with Crippen LogP contribution in [0.5, 0.6) is 0 Å². The van der Waals surface area contributed by atoms with E-state index in [0.29, 0.717) is 6.54 Å². The average molecular weight is 330 g/mol. The van der Waals surface area contributed by atoms with E-state index in [9.17, 15) is 4.79 Å². The van der Waals surface area contributed by atoms with Crippen molar-refractivity contribution in [2.24, 2.45) is 0 Å². The Morgan fingerprint density at radius 3 is 2.65 bits per heavy atom. The maximum absolute atomic E-state index is 12.3. The molecule has 0 aliphatic carbocycles. The number of benzene rings is 2. The molecule has 0 radical (unpaired) electrons. The number of nitrogens with one attached hydrogen (secondary N) is 2. The van der Waals surface area contributed by atoms with E-state index in [1.54, 1.807) is 0 Å². The third kappa shape index (κ3) is 5.26. The lowest BCUT2D eigenvalue weighted by molar-refractivity contribution is -0.120. The lowest BCUT2D eigenvalue weighted by Crippen LogP contribution is -2.34. The molecule has 0 aromatic heterocycles. The van der Waals surface area contributed by atoms with E-state index in [0.717, 1.165) is 29.4 Å². The van der Waals surface area contributed by atoms with Crippen LogP contribution in [0.2, 0.25) is 0 Å². The van der Waals surface area contributed by atoms with Crippen LogP contribution in [0.25, 0.3) is 10.8 Å². The van der Waals surface area contributed by atoms with Crippen molar-refractivity contribution in [3.63, 3.8) is 0 Å². The lowest BCUT2D eigenvalue weighted by atomic mass is 10.0. The van der Waals surface area contributed by atoms with Crippen LogP contribution in [0, 0.1) is 0 Å². The minimum absolute atomic E-state index is 0.0416. The highest BCUT2D eigenvalue weighted by atomic mass is 32.1. The van der Waals surface area contributed by atoms with Gasteiger partial charge in [-0.1, -0.05) is 62.2 Å². The quantitative estimate of drug-likeness (QED) is 0.485. The molecule has 4 heteroatoms. The molecule has 0 heterocycles. The largest absolute Gasteiger partial charge is 0.354 e. The van der Waals surface area contributed by atoms with Crippen molar-refractivity contribution in [3.8, 4) is 0 Å². The summed E-state index contributed by atoms with van der Waals surface area (Å²) in [7, 11) is 0. The van der Waals surface area contributed by atoms with Crippen LogP contribution in [0.4, 0.5) is 0 Å². The predicted molar refractivity (Wildman–Crippen MR) is 101 cm³/mol. The standard InChI is InChI=1S/C19H26N2OS/c1-2-3-6-12-20-13-14-21-19(22)18(23)17-11-7-9-15-8-4-5-10-16(15)17/h4-5,7-11,18,20,23H,2-3,6,12-14H2,1H3,(H,21,22). The molecule has 2 rings (SSSR count). The van der Waals surface area contributed by atoms with Crippen molar-refractivity contribution in [2.75, 3.05) is 19.6 Å². The molecule has 1 unspecified atom stereocenters. The zero-order valence-corrected chi connectivity index (χ0v) is 14.6.